The first-order chi connectivity index (χ1) is 12.7. The van der Waals surface area contributed by atoms with E-state index in [1.165, 1.54) is 6.07 Å². The zero-order chi connectivity index (χ0) is 18.4. The van der Waals surface area contributed by atoms with E-state index in [1.54, 1.807) is 7.11 Å². The van der Waals surface area contributed by atoms with Crippen LogP contribution < -0.4 is 15.0 Å². The predicted octanol–water partition coefficient (Wildman–Crippen LogP) is 3.36. The van der Waals surface area contributed by atoms with E-state index >= 15 is 0 Å². The van der Waals surface area contributed by atoms with Crippen LogP contribution in [0.1, 0.15) is 12.5 Å². The molecule has 26 heavy (non-hydrogen) atoms. The van der Waals surface area contributed by atoms with Gasteiger partial charge in [-0.25, -0.2) is 0 Å². The van der Waals surface area contributed by atoms with E-state index in [0.29, 0.717) is 30.4 Å². The number of H-pyrrole nitrogens is 2. The summed E-state index contributed by atoms with van der Waals surface area (Å²) in [7, 11) is 1.63. The Morgan fingerprint density at radius 3 is 2.54 bits per heavy atom. The van der Waals surface area contributed by atoms with Crippen molar-refractivity contribution >= 4 is 0 Å². The van der Waals surface area contributed by atoms with E-state index in [4.69, 9.17) is 14.2 Å². The highest BCUT2D eigenvalue weighted by Crippen LogP contribution is 2.33. The zero-order valence-electron chi connectivity index (χ0n) is 14.8. The highest BCUT2D eigenvalue weighted by molar-refractivity contribution is 5.68. The van der Waals surface area contributed by atoms with E-state index in [2.05, 4.69) is 10.2 Å². The predicted molar refractivity (Wildman–Crippen MR) is 99.6 cm³/mol. The summed E-state index contributed by atoms with van der Waals surface area (Å²) < 4.78 is 17.0. The monoisotopic (exact) mass is 354 g/mol. The van der Waals surface area contributed by atoms with Crippen molar-refractivity contribution in [2.45, 2.75) is 19.6 Å². The van der Waals surface area contributed by atoms with Crippen LogP contribution in [0.2, 0.25) is 0 Å². The molecular formula is C20H22N2O4. The summed E-state index contributed by atoms with van der Waals surface area (Å²) in [6, 6.07) is 17.0. The van der Waals surface area contributed by atoms with Crippen LogP contribution in [-0.2, 0) is 11.3 Å². The van der Waals surface area contributed by atoms with Gasteiger partial charge in [0.15, 0.2) is 0 Å². The van der Waals surface area contributed by atoms with Gasteiger partial charge in [-0.2, -0.15) is 0 Å². The number of aromatic nitrogens is 2. The molecule has 0 saturated heterocycles. The van der Waals surface area contributed by atoms with Crippen LogP contribution in [0, 0.1) is 0 Å². The van der Waals surface area contributed by atoms with Crippen molar-refractivity contribution in [1.82, 2.24) is 10.2 Å². The molecule has 0 fully saturated rings. The molecule has 1 heterocycles. The van der Waals surface area contributed by atoms with Crippen LogP contribution in [0.15, 0.2) is 59.4 Å². The van der Waals surface area contributed by atoms with Crippen LogP contribution in [0.4, 0.5) is 0 Å². The summed E-state index contributed by atoms with van der Waals surface area (Å²) in [4.78, 5) is 11.5. The zero-order valence-corrected chi connectivity index (χ0v) is 14.8. The maximum Gasteiger partial charge on any atom is 0.264 e. The van der Waals surface area contributed by atoms with Gasteiger partial charge < -0.3 is 14.2 Å². The number of nitrogens with one attached hydrogen (secondary N) is 2. The third-order valence-electron chi connectivity index (χ3n) is 3.81. The number of benzene rings is 2. The van der Waals surface area contributed by atoms with Gasteiger partial charge in [0.2, 0.25) is 0 Å². The average Bonchev–Trinajstić information content (AvgIpc) is 3.08. The van der Waals surface area contributed by atoms with E-state index < -0.39 is 0 Å². The summed E-state index contributed by atoms with van der Waals surface area (Å²) in [5.41, 5.74) is 2.27. The fourth-order valence-corrected chi connectivity index (χ4v) is 2.62. The molecule has 0 radical (unpaired) electrons. The Morgan fingerprint density at radius 1 is 1.04 bits per heavy atom. The molecule has 6 nitrogen and oxygen atoms in total. The molecule has 0 aliphatic heterocycles. The van der Waals surface area contributed by atoms with Gasteiger partial charge in [0.1, 0.15) is 24.2 Å². The Labute approximate surface area is 151 Å². The maximum atomic E-state index is 11.5. The molecule has 1 atom stereocenters. The van der Waals surface area contributed by atoms with Crippen molar-refractivity contribution in [3.05, 3.63) is 70.5 Å². The Kier molecular flexibility index (Phi) is 5.76. The standard InChI is InChI=1S/C20H22N2O4/c1-14(12-24-2)26-19-9-8-16(25-13-15-6-4-3-5-7-15)10-17(19)18-11-20(23)22-21-18/h3-11,14H,12-13H2,1-2H3,(H2,21,22,23). The summed E-state index contributed by atoms with van der Waals surface area (Å²) in [5, 5.41) is 5.41. The van der Waals surface area contributed by atoms with Gasteiger partial charge in [-0.05, 0) is 30.7 Å². The van der Waals surface area contributed by atoms with Crippen molar-refractivity contribution in [3.8, 4) is 22.8 Å². The van der Waals surface area contributed by atoms with E-state index in [-0.39, 0.29) is 11.7 Å². The first-order valence-corrected chi connectivity index (χ1v) is 8.40. The number of methoxy groups -OCH3 is 1. The summed E-state index contributed by atoms with van der Waals surface area (Å²) in [6.07, 6.45) is -0.125. The minimum absolute atomic E-state index is 0.125. The second-order valence-electron chi connectivity index (χ2n) is 5.99. The summed E-state index contributed by atoms with van der Waals surface area (Å²) >= 11 is 0. The highest BCUT2D eigenvalue weighted by atomic mass is 16.5. The van der Waals surface area contributed by atoms with Crippen molar-refractivity contribution < 1.29 is 14.2 Å². The van der Waals surface area contributed by atoms with Gasteiger partial charge in [0.25, 0.3) is 5.56 Å². The molecule has 0 aliphatic rings. The molecule has 3 rings (SSSR count). The van der Waals surface area contributed by atoms with E-state index in [0.717, 1.165) is 11.1 Å². The molecular weight excluding hydrogens is 332 g/mol. The van der Waals surface area contributed by atoms with Crippen LogP contribution in [-0.4, -0.2) is 30.0 Å². The average molecular weight is 354 g/mol. The van der Waals surface area contributed by atoms with Crippen LogP contribution in [0.5, 0.6) is 11.5 Å². The molecule has 6 heteroatoms. The molecule has 3 aromatic rings. The van der Waals surface area contributed by atoms with Gasteiger partial charge in [-0.15, -0.1) is 0 Å². The Balaban J connectivity index is 1.85. The third kappa shape index (κ3) is 4.55. The van der Waals surface area contributed by atoms with Crippen molar-refractivity contribution in [2.75, 3.05) is 13.7 Å². The molecule has 2 N–H and O–H groups in total. The van der Waals surface area contributed by atoms with Crippen molar-refractivity contribution in [2.24, 2.45) is 0 Å². The topological polar surface area (TPSA) is 76.3 Å². The lowest BCUT2D eigenvalue weighted by molar-refractivity contribution is 0.0924. The van der Waals surface area contributed by atoms with Crippen molar-refractivity contribution in [1.29, 1.82) is 0 Å². The number of aromatic amines is 2. The highest BCUT2D eigenvalue weighted by Gasteiger charge is 2.13. The molecule has 2 aromatic carbocycles. The third-order valence-corrected chi connectivity index (χ3v) is 3.81. The Hall–Kier alpha value is -2.99. The molecule has 136 valence electrons. The minimum Gasteiger partial charge on any atom is -0.489 e. The lowest BCUT2D eigenvalue weighted by Gasteiger charge is -2.17. The quantitative estimate of drug-likeness (QED) is 0.650. The maximum absolute atomic E-state index is 11.5. The molecule has 0 amide bonds. The van der Waals surface area contributed by atoms with Crippen LogP contribution in [0.25, 0.3) is 11.3 Å². The molecule has 0 aliphatic carbocycles. The molecule has 0 bridgehead atoms. The molecule has 1 unspecified atom stereocenters. The van der Waals surface area contributed by atoms with Gasteiger partial charge in [-0.1, -0.05) is 30.3 Å². The van der Waals surface area contributed by atoms with Crippen molar-refractivity contribution in [3.63, 3.8) is 0 Å². The number of ether oxygens (including phenoxy) is 3. The fraction of sp³-hybridized carbons (Fsp3) is 0.250. The number of hydrogen-bond acceptors (Lipinski definition) is 4. The van der Waals surface area contributed by atoms with E-state index in [1.807, 2.05) is 55.5 Å². The molecule has 0 saturated carbocycles. The first-order valence-electron chi connectivity index (χ1n) is 8.40. The smallest absolute Gasteiger partial charge is 0.264 e. The minimum atomic E-state index is -0.202. The van der Waals surface area contributed by atoms with Gasteiger partial charge in [0.05, 0.1) is 12.3 Å². The lowest BCUT2D eigenvalue weighted by atomic mass is 10.1. The Bertz CT molecular complexity index is 886. The first kappa shape index (κ1) is 17.8. The fourth-order valence-electron chi connectivity index (χ4n) is 2.62. The van der Waals surface area contributed by atoms with Crippen LogP contribution >= 0.6 is 0 Å². The van der Waals surface area contributed by atoms with E-state index in [9.17, 15) is 4.79 Å². The molecule has 0 spiro atoms. The van der Waals surface area contributed by atoms with Gasteiger partial charge >= 0.3 is 0 Å². The van der Waals surface area contributed by atoms with Crippen LogP contribution in [0.3, 0.4) is 0 Å². The number of hydrogen-bond donors (Lipinski definition) is 2. The number of rotatable bonds is 8. The lowest BCUT2D eigenvalue weighted by Crippen LogP contribution is -2.18. The normalized spacial score (nSPS) is 11.9. The summed E-state index contributed by atoms with van der Waals surface area (Å²) in [5.74, 6) is 1.34. The second kappa shape index (κ2) is 8.40. The SMILES string of the molecule is COCC(C)Oc1ccc(OCc2ccccc2)cc1-c1cc(=O)[nH][nH]1. The Morgan fingerprint density at radius 2 is 1.85 bits per heavy atom. The largest absolute Gasteiger partial charge is 0.489 e. The second-order valence-corrected chi connectivity index (χ2v) is 5.99. The summed E-state index contributed by atoms with van der Waals surface area (Å²) in [6.45, 7) is 2.85. The molecule has 1 aromatic heterocycles. The van der Waals surface area contributed by atoms with Gasteiger partial charge in [0, 0.05) is 18.7 Å². The van der Waals surface area contributed by atoms with Gasteiger partial charge in [-0.3, -0.25) is 15.0 Å².